The number of rotatable bonds is 8. The molecule has 0 spiro atoms. The number of morpholine rings is 1. The maximum absolute atomic E-state index is 13.0. The molecule has 5 rings (SSSR count). The molecule has 2 fully saturated rings. The first-order valence-electron chi connectivity index (χ1n) is 14.5. The number of hydrogen-bond acceptors (Lipinski definition) is 10. The lowest BCUT2D eigenvalue weighted by atomic mass is 10.1. The van der Waals surface area contributed by atoms with Crippen molar-refractivity contribution in [1.82, 2.24) is 19.8 Å². The number of fused-ring (bicyclic) bond motifs is 1. The van der Waals surface area contributed by atoms with Gasteiger partial charge in [-0.15, -0.1) is 0 Å². The fraction of sp³-hybridized carbons (Fsp3) is 0.586. The molecule has 2 aromatic rings. The third-order valence-electron chi connectivity index (χ3n) is 8.14. The first-order chi connectivity index (χ1) is 19.8. The fourth-order valence-electron chi connectivity index (χ4n) is 5.81. The predicted molar refractivity (Wildman–Crippen MR) is 159 cm³/mol. The minimum atomic E-state index is -0.262. The molecule has 41 heavy (non-hydrogen) atoms. The highest BCUT2D eigenvalue weighted by atomic mass is 16.5. The van der Waals surface area contributed by atoms with Crippen LogP contribution in [0.5, 0.6) is 5.75 Å². The highest BCUT2D eigenvalue weighted by Gasteiger charge is 2.38. The van der Waals surface area contributed by atoms with Gasteiger partial charge in [0, 0.05) is 64.1 Å². The van der Waals surface area contributed by atoms with Crippen LogP contribution in [0.25, 0.3) is 0 Å². The third kappa shape index (κ3) is 6.03. The molecule has 0 saturated carbocycles. The quantitative estimate of drug-likeness (QED) is 0.511. The van der Waals surface area contributed by atoms with Gasteiger partial charge in [-0.25, -0.2) is 4.98 Å². The lowest BCUT2D eigenvalue weighted by molar-refractivity contribution is -0.136. The van der Waals surface area contributed by atoms with Crippen LogP contribution in [0.4, 0.5) is 28.8 Å². The monoisotopic (exact) mass is 566 g/mol. The van der Waals surface area contributed by atoms with Crippen LogP contribution in [0.15, 0.2) is 24.4 Å². The molecule has 222 valence electrons. The normalized spacial score (nSPS) is 20.0. The zero-order valence-corrected chi connectivity index (χ0v) is 24.8. The summed E-state index contributed by atoms with van der Waals surface area (Å²) in [6.45, 7) is 12.5. The van der Waals surface area contributed by atoms with Crippen LogP contribution in [0.3, 0.4) is 0 Å². The highest BCUT2D eigenvalue weighted by molar-refractivity contribution is 6.04. The molecule has 12 nitrogen and oxygen atoms in total. The number of ether oxygens (including phenoxy) is 2. The molecule has 0 bridgehead atoms. The molecule has 2 saturated heterocycles. The molecular weight excluding hydrogens is 524 g/mol. The first-order valence-corrected chi connectivity index (χ1v) is 14.5. The van der Waals surface area contributed by atoms with Crippen molar-refractivity contribution in [1.29, 1.82) is 0 Å². The summed E-state index contributed by atoms with van der Waals surface area (Å²) in [4.78, 5) is 45.1. The lowest BCUT2D eigenvalue weighted by Crippen LogP contribution is -2.54. The Morgan fingerprint density at radius 2 is 1.88 bits per heavy atom. The van der Waals surface area contributed by atoms with E-state index in [1.54, 1.807) is 25.3 Å². The Kier molecular flexibility index (Phi) is 8.79. The van der Waals surface area contributed by atoms with Gasteiger partial charge < -0.3 is 34.4 Å². The summed E-state index contributed by atoms with van der Waals surface area (Å²) in [6.07, 6.45) is 2.40. The second-order valence-electron chi connectivity index (χ2n) is 11.0. The maximum Gasteiger partial charge on any atom is 0.249 e. The number of carbonyl (C=O) groups excluding carboxylic acids is 2. The number of piperazine rings is 1. The van der Waals surface area contributed by atoms with E-state index in [9.17, 15) is 9.59 Å². The standard InChI is InChI=1S/C29H42N8O4/c1-6-23-28(39)33(4)24-18-30-29(32-27(24)37(23)20(2)3)31-22-8-7-21(17-25(22)40-5)35-11-9-34(10-12-35)19-26(38)36-13-15-41-16-14-36/h7-8,17-18,20,23H,6,9-16,19H2,1-5H3,(H,30,31,32)/t23-/m1/s1. The Balaban J connectivity index is 1.26. The van der Waals surface area contributed by atoms with Gasteiger partial charge in [-0.05, 0) is 32.4 Å². The van der Waals surface area contributed by atoms with Gasteiger partial charge in [0.2, 0.25) is 17.8 Å². The van der Waals surface area contributed by atoms with E-state index in [4.69, 9.17) is 14.5 Å². The van der Waals surface area contributed by atoms with Crippen molar-refractivity contribution >= 4 is 40.6 Å². The molecule has 3 aliphatic heterocycles. The van der Waals surface area contributed by atoms with E-state index in [1.807, 2.05) is 24.0 Å². The van der Waals surface area contributed by atoms with Crippen LogP contribution in [-0.4, -0.2) is 117 Å². The van der Waals surface area contributed by atoms with Gasteiger partial charge in [-0.1, -0.05) is 6.92 Å². The average molecular weight is 567 g/mol. The van der Waals surface area contributed by atoms with Gasteiger partial charge in [0.15, 0.2) is 5.82 Å². The maximum atomic E-state index is 13.0. The zero-order chi connectivity index (χ0) is 29.1. The zero-order valence-electron chi connectivity index (χ0n) is 24.8. The molecule has 1 aromatic heterocycles. The van der Waals surface area contributed by atoms with E-state index >= 15 is 0 Å². The molecule has 12 heteroatoms. The second-order valence-corrected chi connectivity index (χ2v) is 11.0. The van der Waals surface area contributed by atoms with E-state index < -0.39 is 0 Å². The summed E-state index contributed by atoms with van der Waals surface area (Å²) < 4.78 is 11.1. The van der Waals surface area contributed by atoms with Gasteiger partial charge in [-0.2, -0.15) is 4.98 Å². The van der Waals surface area contributed by atoms with Gasteiger partial charge in [0.05, 0.1) is 38.8 Å². The van der Waals surface area contributed by atoms with Crippen molar-refractivity contribution < 1.29 is 19.1 Å². The number of benzene rings is 1. The van der Waals surface area contributed by atoms with Gasteiger partial charge in [0.1, 0.15) is 17.5 Å². The Hall–Kier alpha value is -3.64. The van der Waals surface area contributed by atoms with Crippen LogP contribution >= 0.6 is 0 Å². The Bertz CT molecular complexity index is 1240. The van der Waals surface area contributed by atoms with Crippen molar-refractivity contribution in [3.05, 3.63) is 24.4 Å². The van der Waals surface area contributed by atoms with Crippen molar-refractivity contribution in [2.24, 2.45) is 0 Å². The van der Waals surface area contributed by atoms with E-state index in [0.29, 0.717) is 56.7 Å². The lowest BCUT2D eigenvalue weighted by Gasteiger charge is -2.42. The SMILES string of the molecule is CC[C@@H]1C(=O)N(C)c2cnc(Nc3ccc(N4CCN(CC(=O)N5CCOCC5)CC4)cc3OC)nc2N1C(C)C. The molecular formula is C29H42N8O4. The molecule has 1 aromatic carbocycles. The van der Waals surface area contributed by atoms with Crippen molar-refractivity contribution in [2.45, 2.75) is 39.3 Å². The van der Waals surface area contributed by atoms with Crippen molar-refractivity contribution in [2.75, 3.05) is 93.2 Å². The van der Waals surface area contributed by atoms with Gasteiger partial charge in [0.25, 0.3) is 0 Å². The van der Waals surface area contributed by atoms with Crippen LogP contribution in [-0.2, 0) is 14.3 Å². The summed E-state index contributed by atoms with van der Waals surface area (Å²) in [7, 11) is 3.43. The van der Waals surface area contributed by atoms with Crippen LogP contribution in [0, 0.1) is 0 Å². The summed E-state index contributed by atoms with van der Waals surface area (Å²) in [5, 5.41) is 3.33. The van der Waals surface area contributed by atoms with E-state index in [1.165, 1.54) is 0 Å². The number of nitrogens with zero attached hydrogens (tertiary/aromatic N) is 7. The summed E-state index contributed by atoms with van der Waals surface area (Å²) in [6, 6.07) is 5.91. The Morgan fingerprint density at radius 1 is 1.15 bits per heavy atom. The molecule has 0 aliphatic carbocycles. The van der Waals surface area contributed by atoms with Gasteiger partial charge >= 0.3 is 0 Å². The molecule has 1 atom stereocenters. The van der Waals surface area contributed by atoms with Crippen LogP contribution < -0.4 is 24.8 Å². The van der Waals surface area contributed by atoms with Crippen molar-refractivity contribution in [3.63, 3.8) is 0 Å². The molecule has 1 N–H and O–H groups in total. The molecule has 3 aliphatic rings. The highest BCUT2D eigenvalue weighted by Crippen LogP contribution is 2.37. The average Bonchev–Trinajstić information content (AvgIpc) is 2.99. The largest absolute Gasteiger partial charge is 0.494 e. The minimum absolute atomic E-state index is 0.0554. The fourth-order valence-corrected chi connectivity index (χ4v) is 5.81. The number of carbonyl (C=O) groups is 2. The summed E-state index contributed by atoms with van der Waals surface area (Å²) >= 11 is 0. The number of aromatic nitrogens is 2. The number of amides is 2. The number of likely N-dealkylation sites (N-methyl/N-ethyl adjacent to an activating group) is 1. The molecule has 4 heterocycles. The Labute approximate surface area is 242 Å². The molecule has 0 radical (unpaired) electrons. The third-order valence-corrected chi connectivity index (χ3v) is 8.14. The molecule has 0 unspecified atom stereocenters. The van der Waals surface area contributed by atoms with Gasteiger partial charge in [-0.3, -0.25) is 14.5 Å². The van der Waals surface area contributed by atoms with Crippen molar-refractivity contribution in [3.8, 4) is 5.75 Å². The van der Waals surface area contributed by atoms with E-state index in [-0.39, 0.29) is 23.9 Å². The Morgan fingerprint density at radius 3 is 2.54 bits per heavy atom. The number of methoxy groups -OCH3 is 1. The summed E-state index contributed by atoms with van der Waals surface area (Å²) in [5.74, 6) is 2.11. The van der Waals surface area contributed by atoms with E-state index in [0.717, 1.165) is 43.4 Å². The van der Waals surface area contributed by atoms with Crippen LogP contribution in [0.1, 0.15) is 27.2 Å². The number of hydrogen-bond donors (Lipinski definition) is 1. The second kappa shape index (κ2) is 12.5. The molecule has 2 amide bonds. The summed E-state index contributed by atoms with van der Waals surface area (Å²) in [5.41, 5.74) is 2.52. The first kappa shape index (κ1) is 28.9. The number of nitrogens with one attached hydrogen (secondary N) is 1. The van der Waals surface area contributed by atoms with E-state index in [2.05, 4.69) is 44.9 Å². The topological polar surface area (TPSA) is 107 Å². The number of anilines is 5. The van der Waals surface area contributed by atoms with Crippen LogP contribution in [0.2, 0.25) is 0 Å². The predicted octanol–water partition coefficient (Wildman–Crippen LogP) is 2.18. The minimum Gasteiger partial charge on any atom is -0.494 e. The smallest absolute Gasteiger partial charge is 0.249 e.